The minimum absolute atomic E-state index is 0.0241. The Bertz CT molecular complexity index is 893. The summed E-state index contributed by atoms with van der Waals surface area (Å²) in [7, 11) is 0. The van der Waals surface area contributed by atoms with E-state index in [0.717, 1.165) is 18.8 Å². The minimum Gasteiger partial charge on any atom is -0.368 e. The first-order valence-corrected chi connectivity index (χ1v) is 9.35. The van der Waals surface area contributed by atoms with Gasteiger partial charge >= 0.3 is 0 Å². The van der Waals surface area contributed by atoms with Crippen molar-refractivity contribution in [3.8, 4) is 0 Å². The first-order valence-electron chi connectivity index (χ1n) is 9.35. The van der Waals surface area contributed by atoms with Crippen LogP contribution in [0.2, 0.25) is 0 Å². The molecule has 7 nitrogen and oxygen atoms in total. The SMILES string of the molecule is O=C(c1cnc(NCc2ccccn2)nc1)N1CCN(c2ccccc2)CC1. The molecular formula is C21H22N6O. The van der Waals surface area contributed by atoms with Crippen molar-refractivity contribution in [1.29, 1.82) is 0 Å². The van der Waals surface area contributed by atoms with Crippen molar-refractivity contribution in [1.82, 2.24) is 19.9 Å². The summed E-state index contributed by atoms with van der Waals surface area (Å²) in [6, 6.07) is 16.0. The maximum absolute atomic E-state index is 12.7. The zero-order chi connectivity index (χ0) is 19.2. The largest absolute Gasteiger partial charge is 0.368 e. The van der Waals surface area contributed by atoms with E-state index in [9.17, 15) is 4.79 Å². The molecule has 1 aliphatic rings. The lowest BCUT2D eigenvalue weighted by molar-refractivity contribution is 0.0746. The minimum atomic E-state index is -0.0241. The highest BCUT2D eigenvalue weighted by molar-refractivity contribution is 5.93. The molecular weight excluding hydrogens is 352 g/mol. The Hall–Kier alpha value is -3.48. The normalized spacial score (nSPS) is 14.0. The highest BCUT2D eigenvalue weighted by Crippen LogP contribution is 2.16. The lowest BCUT2D eigenvalue weighted by Gasteiger charge is -2.36. The third-order valence-corrected chi connectivity index (χ3v) is 4.74. The van der Waals surface area contributed by atoms with Crippen LogP contribution in [0.3, 0.4) is 0 Å². The molecule has 0 saturated carbocycles. The van der Waals surface area contributed by atoms with Crippen molar-refractivity contribution in [2.75, 3.05) is 36.4 Å². The molecule has 0 radical (unpaired) electrons. The fraction of sp³-hybridized carbons (Fsp3) is 0.238. The van der Waals surface area contributed by atoms with Crippen LogP contribution in [0.25, 0.3) is 0 Å². The number of anilines is 2. The average Bonchev–Trinajstić information content (AvgIpc) is 2.79. The Morgan fingerprint density at radius 1 is 0.893 bits per heavy atom. The zero-order valence-electron chi connectivity index (χ0n) is 15.5. The number of piperazine rings is 1. The average molecular weight is 374 g/mol. The number of nitrogens with zero attached hydrogens (tertiary/aromatic N) is 5. The van der Waals surface area contributed by atoms with E-state index in [4.69, 9.17) is 0 Å². The Morgan fingerprint density at radius 3 is 2.29 bits per heavy atom. The van der Waals surface area contributed by atoms with Crippen LogP contribution >= 0.6 is 0 Å². The second-order valence-corrected chi connectivity index (χ2v) is 6.58. The number of carbonyl (C=O) groups excluding carboxylic acids is 1. The van der Waals surface area contributed by atoms with E-state index in [1.807, 2.05) is 41.3 Å². The highest BCUT2D eigenvalue weighted by Gasteiger charge is 2.22. The molecule has 7 heteroatoms. The highest BCUT2D eigenvalue weighted by atomic mass is 16.2. The Labute approximate surface area is 164 Å². The quantitative estimate of drug-likeness (QED) is 0.739. The van der Waals surface area contributed by atoms with Crippen molar-refractivity contribution in [3.05, 3.63) is 78.4 Å². The van der Waals surface area contributed by atoms with E-state index in [2.05, 4.69) is 37.3 Å². The van der Waals surface area contributed by atoms with E-state index in [0.29, 0.717) is 31.1 Å². The second kappa shape index (κ2) is 8.47. The van der Waals surface area contributed by atoms with Crippen molar-refractivity contribution in [2.45, 2.75) is 6.54 Å². The number of para-hydroxylation sites is 1. The van der Waals surface area contributed by atoms with Crippen LogP contribution in [-0.4, -0.2) is 51.9 Å². The van der Waals surface area contributed by atoms with Crippen LogP contribution in [-0.2, 0) is 6.54 Å². The lowest BCUT2D eigenvalue weighted by Crippen LogP contribution is -2.48. The zero-order valence-corrected chi connectivity index (χ0v) is 15.5. The number of hydrogen-bond acceptors (Lipinski definition) is 6. The van der Waals surface area contributed by atoms with Gasteiger partial charge in [0, 0.05) is 50.5 Å². The predicted molar refractivity (Wildman–Crippen MR) is 108 cm³/mol. The molecule has 0 bridgehead atoms. The molecule has 142 valence electrons. The van der Waals surface area contributed by atoms with Crippen LogP contribution in [0.5, 0.6) is 0 Å². The molecule has 3 aromatic rings. The smallest absolute Gasteiger partial charge is 0.257 e. The topological polar surface area (TPSA) is 74.2 Å². The van der Waals surface area contributed by atoms with Gasteiger partial charge in [0.15, 0.2) is 0 Å². The molecule has 1 saturated heterocycles. The fourth-order valence-corrected chi connectivity index (χ4v) is 3.19. The number of benzene rings is 1. The molecule has 4 rings (SSSR count). The van der Waals surface area contributed by atoms with Crippen molar-refractivity contribution < 1.29 is 4.79 Å². The molecule has 1 amide bonds. The molecule has 0 aliphatic carbocycles. The van der Waals surface area contributed by atoms with Gasteiger partial charge in [0.2, 0.25) is 5.95 Å². The van der Waals surface area contributed by atoms with Crippen LogP contribution < -0.4 is 10.2 Å². The standard InChI is InChI=1S/C21H22N6O/c28-20(27-12-10-26(11-13-27)19-7-2-1-3-8-19)17-14-23-21(24-15-17)25-16-18-6-4-5-9-22-18/h1-9,14-15H,10-13,16H2,(H,23,24,25). The van der Waals surface area contributed by atoms with Gasteiger partial charge in [-0.05, 0) is 24.3 Å². The van der Waals surface area contributed by atoms with Gasteiger partial charge in [-0.25, -0.2) is 9.97 Å². The van der Waals surface area contributed by atoms with E-state index in [1.54, 1.807) is 18.6 Å². The summed E-state index contributed by atoms with van der Waals surface area (Å²) in [6.45, 7) is 3.55. The number of carbonyl (C=O) groups is 1. The first-order chi connectivity index (χ1) is 13.8. The molecule has 1 aliphatic heterocycles. The van der Waals surface area contributed by atoms with Gasteiger partial charge in [-0.3, -0.25) is 9.78 Å². The van der Waals surface area contributed by atoms with Gasteiger partial charge in [-0.2, -0.15) is 0 Å². The monoisotopic (exact) mass is 374 g/mol. The van der Waals surface area contributed by atoms with Gasteiger partial charge in [-0.1, -0.05) is 24.3 Å². The number of hydrogen-bond donors (Lipinski definition) is 1. The molecule has 1 aromatic carbocycles. The van der Waals surface area contributed by atoms with Crippen LogP contribution in [0.4, 0.5) is 11.6 Å². The predicted octanol–water partition coefficient (Wildman–Crippen LogP) is 2.45. The molecule has 0 unspecified atom stereocenters. The molecule has 1 fully saturated rings. The first kappa shape index (κ1) is 17.9. The summed E-state index contributed by atoms with van der Waals surface area (Å²) in [4.78, 5) is 29.7. The third kappa shape index (κ3) is 4.25. The number of aromatic nitrogens is 3. The third-order valence-electron chi connectivity index (χ3n) is 4.74. The molecule has 0 atom stereocenters. The summed E-state index contributed by atoms with van der Waals surface area (Å²) in [5, 5.41) is 3.11. The van der Waals surface area contributed by atoms with Gasteiger partial charge in [-0.15, -0.1) is 0 Å². The second-order valence-electron chi connectivity index (χ2n) is 6.58. The van der Waals surface area contributed by atoms with Crippen LogP contribution in [0, 0.1) is 0 Å². The summed E-state index contributed by atoms with van der Waals surface area (Å²) in [5.74, 6) is 0.458. The van der Waals surface area contributed by atoms with E-state index < -0.39 is 0 Å². The van der Waals surface area contributed by atoms with E-state index in [1.165, 1.54) is 5.69 Å². The Kier molecular flexibility index (Phi) is 5.42. The maximum atomic E-state index is 12.7. The van der Waals surface area contributed by atoms with Gasteiger partial charge < -0.3 is 15.1 Å². The van der Waals surface area contributed by atoms with Gasteiger partial charge in [0.1, 0.15) is 0 Å². The van der Waals surface area contributed by atoms with E-state index in [-0.39, 0.29) is 5.91 Å². The van der Waals surface area contributed by atoms with E-state index >= 15 is 0 Å². The molecule has 2 aromatic heterocycles. The molecule has 0 spiro atoms. The Balaban J connectivity index is 1.31. The van der Waals surface area contributed by atoms with Gasteiger partial charge in [0.25, 0.3) is 5.91 Å². The molecule has 3 heterocycles. The summed E-state index contributed by atoms with van der Waals surface area (Å²) in [5.41, 5.74) is 2.61. The Morgan fingerprint density at radius 2 is 1.61 bits per heavy atom. The maximum Gasteiger partial charge on any atom is 0.257 e. The van der Waals surface area contributed by atoms with Crippen LogP contribution in [0.1, 0.15) is 16.1 Å². The fourth-order valence-electron chi connectivity index (χ4n) is 3.19. The summed E-state index contributed by atoms with van der Waals surface area (Å²) in [6.07, 6.45) is 4.91. The van der Waals surface area contributed by atoms with Crippen molar-refractivity contribution >= 4 is 17.5 Å². The number of nitrogens with one attached hydrogen (secondary N) is 1. The van der Waals surface area contributed by atoms with Crippen molar-refractivity contribution in [3.63, 3.8) is 0 Å². The number of pyridine rings is 1. The molecule has 1 N–H and O–H groups in total. The van der Waals surface area contributed by atoms with Crippen molar-refractivity contribution in [2.24, 2.45) is 0 Å². The van der Waals surface area contributed by atoms with Gasteiger partial charge in [0.05, 0.1) is 17.8 Å². The molecule has 28 heavy (non-hydrogen) atoms. The number of rotatable bonds is 5. The summed E-state index contributed by atoms with van der Waals surface area (Å²) >= 11 is 0. The number of amides is 1. The summed E-state index contributed by atoms with van der Waals surface area (Å²) < 4.78 is 0. The lowest BCUT2D eigenvalue weighted by atomic mass is 10.2. The van der Waals surface area contributed by atoms with Crippen LogP contribution in [0.15, 0.2) is 67.1 Å².